The number of nitrogens with one attached hydrogen (secondary N) is 1. The highest BCUT2D eigenvalue weighted by Crippen LogP contribution is 2.34. The maximum Gasteiger partial charge on any atom is 0.161 e. The molecule has 2 aliphatic rings. The molecule has 1 N–H and O–H groups in total. The largest absolute Gasteiger partial charge is 0.335 e. The van der Waals surface area contributed by atoms with E-state index < -0.39 is 9.84 Å². The first kappa shape index (κ1) is 12.3. The Bertz CT molecular complexity index is 615. The smallest absolute Gasteiger partial charge is 0.161 e. The predicted octanol–water partition coefficient (Wildman–Crippen LogP) is 2.02. The van der Waals surface area contributed by atoms with Gasteiger partial charge in [-0.15, -0.1) is 0 Å². The van der Waals surface area contributed by atoms with Gasteiger partial charge in [0.25, 0.3) is 0 Å². The van der Waals surface area contributed by atoms with E-state index in [1.807, 2.05) is 18.2 Å². The third-order valence-electron chi connectivity index (χ3n) is 2.89. The zero-order valence-electron chi connectivity index (χ0n) is 9.34. The number of fused-ring (bicyclic) bond motifs is 1. The Morgan fingerprint density at radius 1 is 1.39 bits per heavy atom. The second kappa shape index (κ2) is 4.43. The van der Waals surface area contributed by atoms with Crippen molar-refractivity contribution in [1.29, 1.82) is 0 Å². The molecule has 1 saturated heterocycles. The Morgan fingerprint density at radius 3 is 2.94 bits per heavy atom. The summed E-state index contributed by atoms with van der Waals surface area (Å²) in [6.45, 7) is 0. The molecule has 2 atom stereocenters. The molecule has 2 unspecified atom stereocenters. The summed E-state index contributed by atoms with van der Waals surface area (Å²) in [5.41, 5.74) is 0.872. The Labute approximate surface area is 115 Å². The minimum absolute atomic E-state index is 0.0664. The maximum atomic E-state index is 11.4. The summed E-state index contributed by atoms with van der Waals surface area (Å²) in [7, 11) is -2.89. The second-order valence-electron chi connectivity index (χ2n) is 4.37. The lowest BCUT2D eigenvalue weighted by atomic mass is 10.3. The second-order valence-corrected chi connectivity index (χ2v) is 8.19. The van der Waals surface area contributed by atoms with Gasteiger partial charge in [-0.25, -0.2) is 8.42 Å². The van der Waals surface area contributed by atoms with Crippen molar-refractivity contribution in [3.05, 3.63) is 29.3 Å². The van der Waals surface area contributed by atoms with Crippen LogP contribution in [0.5, 0.6) is 0 Å². The molecule has 4 nitrogen and oxygen atoms in total. The van der Waals surface area contributed by atoms with Crippen molar-refractivity contribution in [2.24, 2.45) is 4.99 Å². The zero-order valence-corrected chi connectivity index (χ0v) is 11.7. The highest BCUT2D eigenvalue weighted by Gasteiger charge is 2.42. The molecule has 2 aliphatic heterocycles. The van der Waals surface area contributed by atoms with E-state index in [1.54, 1.807) is 6.07 Å². The lowest BCUT2D eigenvalue weighted by molar-refractivity contribution is 0.601. The van der Waals surface area contributed by atoms with Crippen molar-refractivity contribution in [3.63, 3.8) is 0 Å². The number of hydrogen-bond donors (Lipinski definition) is 1. The molecule has 0 radical (unpaired) electrons. The average Bonchev–Trinajstić information content (AvgIpc) is 2.70. The van der Waals surface area contributed by atoms with Crippen molar-refractivity contribution in [2.45, 2.75) is 11.3 Å². The summed E-state index contributed by atoms with van der Waals surface area (Å²) >= 11 is 7.40. The van der Waals surface area contributed by atoms with Gasteiger partial charge in [0.05, 0.1) is 17.5 Å². The average molecular weight is 303 g/mol. The number of halogens is 1. The molecule has 0 amide bonds. The molecule has 0 aliphatic carbocycles. The fraction of sp³-hybridized carbons (Fsp3) is 0.364. The van der Waals surface area contributed by atoms with Gasteiger partial charge in [0, 0.05) is 16.0 Å². The van der Waals surface area contributed by atoms with E-state index >= 15 is 0 Å². The van der Waals surface area contributed by atoms with Crippen LogP contribution < -0.4 is 5.32 Å². The molecule has 0 aromatic heterocycles. The standard InChI is InChI=1S/C11H11ClN2O2S2/c12-7-2-1-3-8(4-7)13-11-14-9-5-18(15,16)6-10(9)17-11/h1-4,9-10H,5-6H2,(H,13,14). The minimum atomic E-state index is -2.89. The van der Waals surface area contributed by atoms with Gasteiger partial charge in [0.1, 0.15) is 0 Å². The van der Waals surface area contributed by atoms with E-state index in [0.717, 1.165) is 10.9 Å². The third kappa shape index (κ3) is 2.50. The molecule has 1 aromatic carbocycles. The molecule has 96 valence electrons. The van der Waals surface area contributed by atoms with Crippen LogP contribution in [0.1, 0.15) is 0 Å². The van der Waals surface area contributed by atoms with Gasteiger partial charge in [-0.1, -0.05) is 29.4 Å². The number of amidine groups is 1. The van der Waals surface area contributed by atoms with Gasteiger partial charge in [0.2, 0.25) is 0 Å². The van der Waals surface area contributed by atoms with Crippen LogP contribution in [0.3, 0.4) is 0 Å². The number of anilines is 1. The summed E-state index contributed by atoms with van der Waals surface area (Å²) in [6.07, 6.45) is 0. The predicted molar refractivity (Wildman–Crippen MR) is 76.3 cm³/mol. The summed E-state index contributed by atoms with van der Waals surface area (Å²) in [5, 5.41) is 4.68. The van der Waals surface area contributed by atoms with Gasteiger partial charge >= 0.3 is 0 Å². The molecule has 0 saturated carbocycles. The lowest BCUT2D eigenvalue weighted by Gasteiger charge is -2.06. The first-order valence-corrected chi connectivity index (χ1v) is 8.57. The van der Waals surface area contributed by atoms with Crippen molar-refractivity contribution < 1.29 is 8.42 Å². The number of rotatable bonds is 1. The molecule has 0 spiro atoms. The molecule has 2 heterocycles. The van der Waals surface area contributed by atoms with Gasteiger partial charge in [0.15, 0.2) is 15.0 Å². The fourth-order valence-corrected chi connectivity index (χ4v) is 5.97. The van der Waals surface area contributed by atoms with E-state index in [0.29, 0.717) is 5.02 Å². The van der Waals surface area contributed by atoms with E-state index in [4.69, 9.17) is 11.6 Å². The minimum Gasteiger partial charge on any atom is -0.335 e. The zero-order chi connectivity index (χ0) is 12.8. The van der Waals surface area contributed by atoms with Crippen LogP contribution in [0, 0.1) is 0 Å². The molecular weight excluding hydrogens is 292 g/mol. The maximum absolute atomic E-state index is 11.4. The van der Waals surface area contributed by atoms with Crippen LogP contribution in [0.15, 0.2) is 29.3 Å². The molecule has 18 heavy (non-hydrogen) atoms. The number of aliphatic imine (C=N–C) groups is 1. The van der Waals surface area contributed by atoms with E-state index in [-0.39, 0.29) is 22.8 Å². The monoisotopic (exact) mass is 302 g/mol. The van der Waals surface area contributed by atoms with Crippen LogP contribution in [-0.2, 0) is 9.84 Å². The Morgan fingerprint density at radius 2 is 2.22 bits per heavy atom. The van der Waals surface area contributed by atoms with Crippen LogP contribution >= 0.6 is 23.4 Å². The quantitative estimate of drug-likeness (QED) is 0.862. The van der Waals surface area contributed by atoms with Crippen LogP contribution in [0.25, 0.3) is 0 Å². The third-order valence-corrected chi connectivity index (χ3v) is 6.27. The van der Waals surface area contributed by atoms with Crippen molar-refractivity contribution in [1.82, 2.24) is 0 Å². The van der Waals surface area contributed by atoms with Crippen molar-refractivity contribution in [3.8, 4) is 0 Å². The Hall–Kier alpha value is -0.720. The SMILES string of the molecule is O=S1(=O)CC2N=C(Nc3cccc(Cl)c3)SC2C1. The summed E-state index contributed by atoms with van der Waals surface area (Å²) < 4.78 is 22.9. The summed E-state index contributed by atoms with van der Waals surface area (Å²) in [4.78, 5) is 4.42. The summed E-state index contributed by atoms with van der Waals surface area (Å²) in [5.74, 6) is 0.401. The molecule has 3 rings (SSSR count). The number of sulfone groups is 1. The van der Waals surface area contributed by atoms with E-state index in [1.165, 1.54) is 11.8 Å². The molecule has 1 aromatic rings. The topological polar surface area (TPSA) is 58.5 Å². The van der Waals surface area contributed by atoms with E-state index in [2.05, 4.69) is 10.3 Å². The van der Waals surface area contributed by atoms with Gasteiger partial charge in [-0.2, -0.15) is 0 Å². The molecule has 0 bridgehead atoms. The first-order chi connectivity index (χ1) is 8.52. The van der Waals surface area contributed by atoms with Crippen molar-refractivity contribution >= 4 is 44.1 Å². The van der Waals surface area contributed by atoms with Crippen LogP contribution in [0.2, 0.25) is 5.02 Å². The number of hydrogen-bond acceptors (Lipinski definition) is 5. The number of thioether (sulfide) groups is 1. The number of benzene rings is 1. The number of nitrogens with zero attached hydrogens (tertiary/aromatic N) is 1. The summed E-state index contributed by atoms with van der Waals surface area (Å²) in [6, 6.07) is 7.28. The Kier molecular flexibility index (Phi) is 3.03. The molecular formula is C11H11ClN2O2S2. The van der Waals surface area contributed by atoms with Gasteiger partial charge in [-0.05, 0) is 18.2 Å². The normalized spacial score (nSPS) is 28.8. The van der Waals surface area contributed by atoms with Gasteiger partial charge < -0.3 is 5.32 Å². The van der Waals surface area contributed by atoms with Crippen LogP contribution in [-0.4, -0.2) is 36.4 Å². The highest BCUT2D eigenvalue weighted by atomic mass is 35.5. The van der Waals surface area contributed by atoms with Gasteiger partial charge in [-0.3, -0.25) is 4.99 Å². The molecule has 1 fully saturated rings. The Balaban J connectivity index is 1.74. The first-order valence-electron chi connectivity index (χ1n) is 5.49. The van der Waals surface area contributed by atoms with Crippen molar-refractivity contribution in [2.75, 3.05) is 16.8 Å². The van der Waals surface area contributed by atoms with E-state index in [9.17, 15) is 8.42 Å². The fourth-order valence-electron chi connectivity index (χ4n) is 2.11. The molecule has 7 heteroatoms. The lowest BCUT2D eigenvalue weighted by Crippen LogP contribution is -2.13. The van der Waals surface area contributed by atoms with Crippen LogP contribution in [0.4, 0.5) is 5.69 Å². The highest BCUT2D eigenvalue weighted by molar-refractivity contribution is 8.15.